The maximum atomic E-state index is 12.7. The van der Waals surface area contributed by atoms with E-state index in [-0.39, 0.29) is 11.9 Å². The van der Waals surface area contributed by atoms with Crippen LogP contribution in [0, 0.1) is 0 Å². The molecule has 1 atom stereocenters. The van der Waals surface area contributed by atoms with Gasteiger partial charge in [0.05, 0.1) is 25.8 Å². The maximum absolute atomic E-state index is 12.7. The van der Waals surface area contributed by atoms with Crippen molar-refractivity contribution in [2.24, 2.45) is 0 Å². The van der Waals surface area contributed by atoms with Gasteiger partial charge in [0.2, 0.25) is 5.91 Å². The molecule has 1 aromatic rings. The number of morpholine rings is 1. The Kier molecular flexibility index (Phi) is 5.13. The van der Waals surface area contributed by atoms with Gasteiger partial charge in [-0.1, -0.05) is 0 Å². The SMILES string of the molecule is CN(C)c1cc([C@@H]2CCCN2C(=O)CN2CCOCC2)ccn1. The number of carbonyl (C=O) groups is 1. The van der Waals surface area contributed by atoms with Crippen molar-refractivity contribution in [3.63, 3.8) is 0 Å². The number of aromatic nitrogens is 1. The first kappa shape index (κ1) is 16.2. The number of hydrogen-bond donors (Lipinski definition) is 0. The van der Waals surface area contributed by atoms with Gasteiger partial charge in [0.1, 0.15) is 5.82 Å². The summed E-state index contributed by atoms with van der Waals surface area (Å²) in [6, 6.07) is 4.33. The van der Waals surface area contributed by atoms with Crippen molar-refractivity contribution in [3.05, 3.63) is 23.9 Å². The maximum Gasteiger partial charge on any atom is 0.237 e. The molecule has 2 fully saturated rings. The zero-order valence-corrected chi connectivity index (χ0v) is 14.1. The van der Waals surface area contributed by atoms with Crippen LogP contribution < -0.4 is 4.90 Å². The molecule has 2 saturated heterocycles. The molecule has 0 bridgehead atoms. The number of anilines is 1. The molecule has 2 aliphatic rings. The van der Waals surface area contributed by atoms with Crippen molar-refractivity contribution >= 4 is 11.7 Å². The Morgan fingerprint density at radius 1 is 1.35 bits per heavy atom. The van der Waals surface area contributed by atoms with Crippen LogP contribution in [-0.4, -0.2) is 74.2 Å². The van der Waals surface area contributed by atoms with E-state index in [1.54, 1.807) is 0 Å². The average Bonchev–Trinajstić information content (AvgIpc) is 3.05. The minimum Gasteiger partial charge on any atom is -0.379 e. The van der Waals surface area contributed by atoms with Crippen LogP contribution in [0.4, 0.5) is 5.82 Å². The molecule has 126 valence electrons. The summed E-state index contributed by atoms with van der Waals surface area (Å²) in [5.41, 5.74) is 1.19. The Labute approximate surface area is 138 Å². The minimum absolute atomic E-state index is 0.185. The Morgan fingerprint density at radius 2 is 2.13 bits per heavy atom. The fraction of sp³-hybridized carbons (Fsp3) is 0.647. The van der Waals surface area contributed by atoms with E-state index in [4.69, 9.17) is 4.74 Å². The number of hydrogen-bond acceptors (Lipinski definition) is 5. The van der Waals surface area contributed by atoms with Crippen molar-refractivity contribution in [2.45, 2.75) is 18.9 Å². The molecular formula is C17H26N4O2. The standard InChI is InChI=1S/C17H26N4O2/c1-19(2)16-12-14(5-6-18-16)15-4-3-7-21(15)17(22)13-20-8-10-23-11-9-20/h5-6,12,15H,3-4,7-11,13H2,1-2H3/t15-/m0/s1. The van der Waals surface area contributed by atoms with Gasteiger partial charge in [-0.25, -0.2) is 4.98 Å². The zero-order valence-electron chi connectivity index (χ0n) is 14.1. The lowest BCUT2D eigenvalue weighted by molar-refractivity contribution is -0.134. The van der Waals surface area contributed by atoms with Crippen molar-refractivity contribution in [2.75, 3.05) is 58.4 Å². The third-order valence-corrected chi connectivity index (χ3v) is 4.65. The van der Waals surface area contributed by atoms with Crippen LogP contribution >= 0.6 is 0 Å². The van der Waals surface area contributed by atoms with Gasteiger partial charge < -0.3 is 14.5 Å². The second-order valence-electron chi connectivity index (χ2n) is 6.48. The first-order valence-corrected chi connectivity index (χ1v) is 8.38. The predicted octanol–water partition coefficient (Wildman–Crippen LogP) is 1.14. The lowest BCUT2D eigenvalue weighted by Gasteiger charge is -2.31. The van der Waals surface area contributed by atoms with Gasteiger partial charge in [-0.05, 0) is 30.5 Å². The number of carbonyl (C=O) groups excluding carboxylic acids is 1. The molecule has 2 aliphatic heterocycles. The van der Waals surface area contributed by atoms with E-state index in [0.29, 0.717) is 6.54 Å². The highest BCUT2D eigenvalue weighted by molar-refractivity contribution is 5.79. The lowest BCUT2D eigenvalue weighted by atomic mass is 10.1. The summed E-state index contributed by atoms with van der Waals surface area (Å²) in [7, 11) is 3.98. The van der Waals surface area contributed by atoms with Crippen LogP contribution in [0.2, 0.25) is 0 Å². The molecule has 1 aromatic heterocycles. The lowest BCUT2D eigenvalue weighted by Crippen LogP contribution is -2.44. The third kappa shape index (κ3) is 3.82. The quantitative estimate of drug-likeness (QED) is 0.833. The normalized spacial score (nSPS) is 22.3. The van der Waals surface area contributed by atoms with Crippen LogP contribution in [-0.2, 0) is 9.53 Å². The zero-order chi connectivity index (χ0) is 16.2. The minimum atomic E-state index is 0.185. The predicted molar refractivity (Wildman–Crippen MR) is 89.5 cm³/mol. The number of ether oxygens (including phenoxy) is 1. The summed E-state index contributed by atoms with van der Waals surface area (Å²) in [4.78, 5) is 23.3. The molecule has 0 aliphatic carbocycles. The highest BCUT2D eigenvalue weighted by Crippen LogP contribution is 2.33. The molecule has 0 N–H and O–H groups in total. The second-order valence-corrected chi connectivity index (χ2v) is 6.48. The molecule has 0 unspecified atom stereocenters. The second kappa shape index (κ2) is 7.27. The number of pyridine rings is 1. The van der Waals surface area contributed by atoms with Crippen molar-refractivity contribution in [1.29, 1.82) is 0 Å². The molecule has 23 heavy (non-hydrogen) atoms. The molecule has 1 amide bonds. The number of rotatable bonds is 4. The summed E-state index contributed by atoms with van der Waals surface area (Å²) in [6.45, 7) is 4.52. The van der Waals surface area contributed by atoms with E-state index in [0.717, 1.165) is 51.5 Å². The van der Waals surface area contributed by atoms with Gasteiger partial charge in [0.25, 0.3) is 0 Å². The van der Waals surface area contributed by atoms with Gasteiger partial charge >= 0.3 is 0 Å². The Hall–Kier alpha value is -1.66. The molecule has 0 aromatic carbocycles. The number of amides is 1. The number of likely N-dealkylation sites (tertiary alicyclic amines) is 1. The van der Waals surface area contributed by atoms with Gasteiger partial charge in [0, 0.05) is 39.9 Å². The molecule has 0 saturated carbocycles. The van der Waals surface area contributed by atoms with Gasteiger partial charge in [-0.15, -0.1) is 0 Å². The van der Waals surface area contributed by atoms with Crippen LogP contribution in [0.25, 0.3) is 0 Å². The molecule has 0 spiro atoms. The molecule has 3 rings (SSSR count). The van der Waals surface area contributed by atoms with E-state index in [9.17, 15) is 4.79 Å². The fourth-order valence-electron chi connectivity index (χ4n) is 3.34. The van der Waals surface area contributed by atoms with E-state index in [2.05, 4.69) is 16.0 Å². The Morgan fingerprint density at radius 3 is 2.87 bits per heavy atom. The highest BCUT2D eigenvalue weighted by atomic mass is 16.5. The van der Waals surface area contributed by atoms with E-state index < -0.39 is 0 Å². The van der Waals surface area contributed by atoms with E-state index >= 15 is 0 Å². The van der Waals surface area contributed by atoms with Crippen LogP contribution in [0.15, 0.2) is 18.3 Å². The molecule has 6 heteroatoms. The Balaban J connectivity index is 1.69. The monoisotopic (exact) mass is 318 g/mol. The summed E-state index contributed by atoms with van der Waals surface area (Å²) in [5.74, 6) is 1.17. The van der Waals surface area contributed by atoms with Gasteiger partial charge in [0.15, 0.2) is 0 Å². The van der Waals surface area contributed by atoms with Crippen LogP contribution in [0.1, 0.15) is 24.4 Å². The summed E-state index contributed by atoms with van der Waals surface area (Å²) in [6.07, 6.45) is 3.94. The first-order chi connectivity index (χ1) is 11.1. The topological polar surface area (TPSA) is 48.9 Å². The molecule has 3 heterocycles. The van der Waals surface area contributed by atoms with Crippen molar-refractivity contribution in [3.8, 4) is 0 Å². The van der Waals surface area contributed by atoms with Crippen LogP contribution in [0.3, 0.4) is 0 Å². The largest absolute Gasteiger partial charge is 0.379 e. The molecular weight excluding hydrogens is 292 g/mol. The average molecular weight is 318 g/mol. The number of nitrogens with zero attached hydrogens (tertiary/aromatic N) is 4. The van der Waals surface area contributed by atoms with E-state index in [1.165, 1.54) is 5.56 Å². The third-order valence-electron chi connectivity index (χ3n) is 4.65. The summed E-state index contributed by atoms with van der Waals surface area (Å²) in [5, 5.41) is 0. The molecule has 0 radical (unpaired) electrons. The fourth-order valence-corrected chi connectivity index (χ4v) is 3.34. The van der Waals surface area contributed by atoms with Gasteiger partial charge in [-0.3, -0.25) is 9.69 Å². The Bertz CT molecular complexity index is 543. The smallest absolute Gasteiger partial charge is 0.237 e. The summed E-state index contributed by atoms with van der Waals surface area (Å²) >= 11 is 0. The molecule has 6 nitrogen and oxygen atoms in total. The van der Waals surface area contributed by atoms with E-state index in [1.807, 2.05) is 36.2 Å². The van der Waals surface area contributed by atoms with Gasteiger partial charge in [-0.2, -0.15) is 0 Å². The summed E-state index contributed by atoms with van der Waals surface area (Å²) < 4.78 is 5.35. The van der Waals surface area contributed by atoms with Crippen molar-refractivity contribution < 1.29 is 9.53 Å². The first-order valence-electron chi connectivity index (χ1n) is 8.38. The van der Waals surface area contributed by atoms with Crippen LogP contribution in [0.5, 0.6) is 0 Å². The highest BCUT2D eigenvalue weighted by Gasteiger charge is 2.31. The van der Waals surface area contributed by atoms with Crippen molar-refractivity contribution in [1.82, 2.24) is 14.8 Å².